The molecule has 5 heteroatoms. The van der Waals surface area contributed by atoms with Crippen LogP contribution in [0, 0.1) is 0 Å². The summed E-state index contributed by atoms with van der Waals surface area (Å²) in [6, 6.07) is 11.1. The van der Waals surface area contributed by atoms with Crippen molar-refractivity contribution in [3.05, 3.63) is 35.4 Å². The summed E-state index contributed by atoms with van der Waals surface area (Å²) in [6.45, 7) is 11.8. The first-order valence-electron chi connectivity index (χ1n) is 21.6. The third-order valence-electron chi connectivity index (χ3n) is 11.3. The molecule has 0 bridgehead atoms. The van der Waals surface area contributed by atoms with Crippen molar-refractivity contribution < 1.29 is 18.9 Å². The molecule has 0 aromatic heterocycles. The van der Waals surface area contributed by atoms with Crippen molar-refractivity contribution >= 4 is 65.5 Å². The van der Waals surface area contributed by atoms with Crippen molar-refractivity contribution in [1.29, 1.82) is 0 Å². The Hall–Kier alpha value is -3.11. The first-order chi connectivity index (χ1) is 26.1. The van der Waals surface area contributed by atoms with Gasteiger partial charge in [0.25, 0.3) is 0 Å². The summed E-state index contributed by atoms with van der Waals surface area (Å²) in [5.74, 6) is 3.64. The first kappa shape index (κ1) is 39.6. The van der Waals surface area contributed by atoms with Crippen LogP contribution in [0.15, 0.2) is 30.3 Å². The van der Waals surface area contributed by atoms with Gasteiger partial charge in [0.2, 0.25) is 0 Å². The van der Waals surface area contributed by atoms with Crippen LogP contribution in [0.1, 0.15) is 156 Å². The molecule has 288 valence electrons. The van der Waals surface area contributed by atoms with Gasteiger partial charge in [-0.25, -0.2) is 0 Å². The van der Waals surface area contributed by atoms with Gasteiger partial charge in [0.1, 0.15) is 23.0 Å². The molecule has 6 rings (SSSR count). The van der Waals surface area contributed by atoms with Crippen LogP contribution in [0.4, 0.5) is 0 Å². The SMILES string of the molecule is CCCCCCCOc1cc2c(OCCCCCCC)cc3c(OCCCCCCC)cc4c(OCCCCCCC)cc5c(Cl)cc1c1c5c4c3c21. The fourth-order valence-corrected chi connectivity index (χ4v) is 8.62. The summed E-state index contributed by atoms with van der Waals surface area (Å²) >= 11 is 7.26. The van der Waals surface area contributed by atoms with Gasteiger partial charge in [0, 0.05) is 58.9 Å². The van der Waals surface area contributed by atoms with Crippen molar-refractivity contribution in [2.75, 3.05) is 26.4 Å². The van der Waals surface area contributed by atoms with Crippen molar-refractivity contribution in [3.63, 3.8) is 0 Å². The summed E-state index contributed by atoms with van der Waals surface area (Å²) in [6.07, 6.45) is 24.0. The molecular formula is C48H65ClO4. The fraction of sp³-hybridized carbons (Fsp3) is 0.583. The summed E-state index contributed by atoms with van der Waals surface area (Å²) in [4.78, 5) is 0. The first-order valence-corrected chi connectivity index (χ1v) is 22.0. The topological polar surface area (TPSA) is 36.9 Å². The van der Waals surface area contributed by atoms with E-state index in [0.29, 0.717) is 26.4 Å². The minimum Gasteiger partial charge on any atom is -0.493 e. The predicted molar refractivity (Wildman–Crippen MR) is 230 cm³/mol. The van der Waals surface area contributed by atoms with Gasteiger partial charge in [-0.15, -0.1) is 0 Å². The number of benzene rings is 5. The molecule has 0 unspecified atom stereocenters. The number of hydrogen-bond donors (Lipinski definition) is 0. The molecule has 0 amide bonds. The van der Waals surface area contributed by atoms with E-state index in [-0.39, 0.29) is 0 Å². The highest BCUT2D eigenvalue weighted by Gasteiger charge is 2.29. The van der Waals surface area contributed by atoms with Gasteiger partial charge < -0.3 is 18.9 Å². The van der Waals surface area contributed by atoms with Crippen molar-refractivity contribution in [3.8, 4) is 23.0 Å². The van der Waals surface area contributed by atoms with E-state index in [1.54, 1.807) is 0 Å². The Kier molecular flexibility index (Phi) is 14.9. The summed E-state index contributed by atoms with van der Waals surface area (Å²) in [5, 5.41) is 12.4. The van der Waals surface area contributed by atoms with Crippen LogP contribution in [-0.2, 0) is 0 Å². The van der Waals surface area contributed by atoms with Crippen molar-refractivity contribution in [1.82, 2.24) is 0 Å². The quantitative estimate of drug-likeness (QED) is 0.0371. The lowest BCUT2D eigenvalue weighted by Crippen LogP contribution is -2.02. The lowest BCUT2D eigenvalue weighted by Gasteiger charge is -2.17. The minimum absolute atomic E-state index is 0.694. The molecule has 53 heavy (non-hydrogen) atoms. The summed E-state index contributed by atoms with van der Waals surface area (Å²) in [5.41, 5.74) is 0. The van der Waals surface area contributed by atoms with E-state index in [1.165, 1.54) is 130 Å². The lowest BCUT2D eigenvalue weighted by atomic mass is 9.97. The highest BCUT2D eigenvalue weighted by Crippen LogP contribution is 2.57. The Morgan fingerprint density at radius 2 is 0.566 bits per heavy atom. The van der Waals surface area contributed by atoms with Crippen LogP contribution >= 0.6 is 11.6 Å². The number of ether oxygens (including phenoxy) is 4. The van der Waals surface area contributed by atoms with E-state index in [9.17, 15) is 0 Å². The zero-order valence-corrected chi connectivity index (χ0v) is 34.1. The molecule has 0 aliphatic rings. The maximum absolute atomic E-state index is 7.26. The number of hydrogen-bond acceptors (Lipinski definition) is 4. The van der Waals surface area contributed by atoms with Crippen LogP contribution in [0.25, 0.3) is 53.9 Å². The third-order valence-corrected chi connectivity index (χ3v) is 11.6. The van der Waals surface area contributed by atoms with E-state index >= 15 is 0 Å². The Morgan fingerprint density at radius 1 is 0.321 bits per heavy atom. The van der Waals surface area contributed by atoms with Crippen LogP contribution in [0.3, 0.4) is 0 Å². The average molecular weight is 741 g/mol. The van der Waals surface area contributed by atoms with Gasteiger partial charge in [-0.1, -0.05) is 142 Å². The van der Waals surface area contributed by atoms with Gasteiger partial charge in [0.15, 0.2) is 0 Å². The zero-order valence-electron chi connectivity index (χ0n) is 33.4. The zero-order chi connectivity index (χ0) is 37.0. The predicted octanol–water partition coefficient (Wildman–Crippen LogP) is 15.8. The molecule has 0 spiro atoms. The molecule has 0 atom stereocenters. The molecule has 0 aliphatic heterocycles. The van der Waals surface area contributed by atoms with Crippen LogP contribution < -0.4 is 18.9 Å². The minimum atomic E-state index is 0.694. The maximum Gasteiger partial charge on any atom is 0.128 e. The summed E-state index contributed by atoms with van der Waals surface area (Å²) in [7, 11) is 0. The van der Waals surface area contributed by atoms with Gasteiger partial charge >= 0.3 is 0 Å². The Morgan fingerprint density at radius 3 is 0.868 bits per heavy atom. The maximum atomic E-state index is 7.26. The Bertz CT molecular complexity index is 1900. The van der Waals surface area contributed by atoms with Gasteiger partial charge in [-0.05, 0) is 56.0 Å². The second-order valence-corrected chi connectivity index (χ2v) is 15.9. The molecular weight excluding hydrogens is 676 g/mol. The summed E-state index contributed by atoms with van der Waals surface area (Å²) < 4.78 is 26.9. The van der Waals surface area contributed by atoms with Gasteiger partial charge in [-0.2, -0.15) is 0 Å². The smallest absolute Gasteiger partial charge is 0.128 e. The highest BCUT2D eigenvalue weighted by molar-refractivity contribution is 6.49. The molecule has 0 aliphatic carbocycles. The molecule has 0 saturated heterocycles. The molecule has 4 nitrogen and oxygen atoms in total. The molecule has 0 fully saturated rings. The molecule has 6 aromatic rings. The average Bonchev–Trinajstić information content (AvgIpc) is 3.53. The van der Waals surface area contributed by atoms with E-state index < -0.39 is 0 Å². The van der Waals surface area contributed by atoms with Crippen LogP contribution in [0.2, 0.25) is 5.02 Å². The fourth-order valence-electron chi connectivity index (χ4n) is 8.37. The molecule has 0 saturated carbocycles. The third kappa shape index (κ3) is 9.07. The Balaban J connectivity index is 1.48. The normalized spacial score (nSPS) is 12.2. The van der Waals surface area contributed by atoms with Crippen molar-refractivity contribution in [2.24, 2.45) is 0 Å². The van der Waals surface area contributed by atoms with Crippen LogP contribution in [0.5, 0.6) is 23.0 Å². The van der Waals surface area contributed by atoms with Crippen molar-refractivity contribution in [2.45, 2.75) is 156 Å². The van der Waals surface area contributed by atoms with Gasteiger partial charge in [0.05, 0.1) is 26.4 Å². The van der Waals surface area contributed by atoms with Gasteiger partial charge in [-0.3, -0.25) is 0 Å². The molecule has 0 radical (unpaired) electrons. The number of unbranched alkanes of at least 4 members (excludes halogenated alkanes) is 16. The highest BCUT2D eigenvalue weighted by atomic mass is 35.5. The van der Waals surface area contributed by atoms with E-state index in [0.717, 1.165) is 80.6 Å². The molecule has 0 heterocycles. The van der Waals surface area contributed by atoms with E-state index in [1.807, 2.05) is 0 Å². The second-order valence-electron chi connectivity index (χ2n) is 15.5. The van der Waals surface area contributed by atoms with E-state index in [2.05, 4.69) is 58.0 Å². The standard InChI is InChI=1S/C48H65ClO4/c1-5-9-13-17-21-25-50-40-30-34-39(49)29-35-41(51-26-22-18-14-10-6-2)31-37-43(53-28-24-20-16-12-8-4)33-38-42(52-27-23-19-15-11-7-3)32-36(40)46-44(34)45(35)47(37)48(38)46/h29-33H,5-28H2,1-4H3. The molecule has 6 aromatic carbocycles. The lowest BCUT2D eigenvalue weighted by molar-refractivity contribution is 0.303. The largest absolute Gasteiger partial charge is 0.493 e. The van der Waals surface area contributed by atoms with E-state index in [4.69, 9.17) is 30.5 Å². The number of halogens is 1. The Labute approximate surface area is 324 Å². The van der Waals surface area contributed by atoms with Crippen LogP contribution in [-0.4, -0.2) is 26.4 Å². The number of rotatable bonds is 28. The molecule has 0 N–H and O–H groups in total. The second kappa shape index (κ2) is 20.0. The monoisotopic (exact) mass is 740 g/mol.